The monoisotopic (exact) mass is 398 g/mol. The molecule has 7 heteroatoms. The number of aryl methyl sites for hydroxylation is 2. The maximum atomic E-state index is 12.2. The highest BCUT2D eigenvalue weighted by atomic mass is 32.2. The van der Waals surface area contributed by atoms with Crippen molar-refractivity contribution in [3.63, 3.8) is 0 Å². The predicted octanol–water partition coefficient (Wildman–Crippen LogP) is 3.54. The van der Waals surface area contributed by atoms with Crippen molar-refractivity contribution >= 4 is 40.9 Å². The van der Waals surface area contributed by atoms with Gasteiger partial charge < -0.3 is 15.4 Å². The summed E-state index contributed by atoms with van der Waals surface area (Å²) in [5.41, 5.74) is 3.47. The van der Waals surface area contributed by atoms with Crippen LogP contribution in [-0.2, 0) is 25.5 Å². The van der Waals surface area contributed by atoms with Crippen molar-refractivity contribution in [3.8, 4) is 0 Å². The Balaban J connectivity index is 1.52. The number of nitrogens with one attached hydrogen (secondary N) is 2. The number of para-hydroxylation sites is 2. The Morgan fingerprint density at radius 2 is 1.96 bits per heavy atom. The molecular weight excluding hydrogens is 376 g/mol. The molecule has 1 aliphatic heterocycles. The topological polar surface area (TPSA) is 84.5 Å². The molecule has 0 saturated carbocycles. The van der Waals surface area contributed by atoms with E-state index in [-0.39, 0.29) is 18.9 Å². The predicted molar refractivity (Wildman–Crippen MR) is 109 cm³/mol. The molecule has 1 heterocycles. The van der Waals surface area contributed by atoms with E-state index in [1.54, 1.807) is 0 Å². The molecule has 2 aromatic rings. The van der Waals surface area contributed by atoms with Gasteiger partial charge in [0.1, 0.15) is 0 Å². The van der Waals surface area contributed by atoms with Gasteiger partial charge in [0.15, 0.2) is 6.61 Å². The van der Waals surface area contributed by atoms with Gasteiger partial charge in [-0.15, -0.1) is 11.8 Å². The summed E-state index contributed by atoms with van der Waals surface area (Å²) in [4.78, 5) is 37.4. The zero-order valence-corrected chi connectivity index (χ0v) is 16.6. The van der Waals surface area contributed by atoms with E-state index < -0.39 is 17.1 Å². The summed E-state index contributed by atoms with van der Waals surface area (Å²) in [6.45, 7) is 3.54. The van der Waals surface area contributed by atoms with Crippen LogP contribution in [0.3, 0.4) is 0 Å². The third-order valence-electron chi connectivity index (χ3n) is 4.43. The lowest BCUT2D eigenvalue weighted by Crippen LogP contribution is -2.32. The van der Waals surface area contributed by atoms with E-state index in [0.717, 1.165) is 33.8 Å². The van der Waals surface area contributed by atoms with Crippen LogP contribution in [0.25, 0.3) is 0 Å². The molecule has 0 saturated heterocycles. The highest BCUT2D eigenvalue weighted by Gasteiger charge is 2.29. The van der Waals surface area contributed by atoms with Crippen LogP contribution in [0.15, 0.2) is 47.4 Å². The highest BCUT2D eigenvalue weighted by Crippen LogP contribution is 2.36. The van der Waals surface area contributed by atoms with E-state index in [2.05, 4.69) is 10.6 Å². The zero-order chi connectivity index (χ0) is 20.1. The van der Waals surface area contributed by atoms with Gasteiger partial charge in [0.2, 0.25) is 5.91 Å². The minimum atomic E-state index is -0.581. The van der Waals surface area contributed by atoms with Gasteiger partial charge in [0.05, 0.1) is 17.4 Å². The second kappa shape index (κ2) is 8.93. The largest absolute Gasteiger partial charge is 0.456 e. The van der Waals surface area contributed by atoms with Crippen molar-refractivity contribution in [2.24, 2.45) is 0 Å². The Morgan fingerprint density at radius 3 is 2.75 bits per heavy atom. The highest BCUT2D eigenvalue weighted by molar-refractivity contribution is 8.01. The maximum Gasteiger partial charge on any atom is 0.307 e. The summed E-state index contributed by atoms with van der Waals surface area (Å²) in [7, 11) is 0. The van der Waals surface area contributed by atoms with E-state index in [9.17, 15) is 14.4 Å². The van der Waals surface area contributed by atoms with Gasteiger partial charge in [-0.3, -0.25) is 14.4 Å². The summed E-state index contributed by atoms with van der Waals surface area (Å²) in [5, 5.41) is 5.02. The SMILES string of the molecule is CCc1cccc(C)c1NC(=O)COC(=O)C[C@H]1Sc2ccccc2NC1=O. The Bertz CT molecular complexity index is 913. The van der Waals surface area contributed by atoms with Crippen molar-refractivity contribution in [1.82, 2.24) is 0 Å². The minimum absolute atomic E-state index is 0.0946. The van der Waals surface area contributed by atoms with Crippen LogP contribution in [0.5, 0.6) is 0 Å². The number of anilines is 2. The first-order valence-corrected chi connectivity index (χ1v) is 9.96. The van der Waals surface area contributed by atoms with Crippen LogP contribution in [0.4, 0.5) is 11.4 Å². The van der Waals surface area contributed by atoms with Gasteiger partial charge in [-0.1, -0.05) is 37.3 Å². The van der Waals surface area contributed by atoms with E-state index >= 15 is 0 Å². The van der Waals surface area contributed by atoms with Gasteiger partial charge in [0, 0.05) is 10.6 Å². The molecule has 28 heavy (non-hydrogen) atoms. The molecule has 2 amide bonds. The summed E-state index contributed by atoms with van der Waals surface area (Å²) < 4.78 is 5.08. The summed E-state index contributed by atoms with van der Waals surface area (Å²) in [5.74, 6) is -1.22. The first kappa shape index (κ1) is 19.9. The quantitative estimate of drug-likeness (QED) is 0.727. The van der Waals surface area contributed by atoms with Crippen molar-refractivity contribution in [3.05, 3.63) is 53.6 Å². The zero-order valence-electron chi connectivity index (χ0n) is 15.8. The third-order valence-corrected chi connectivity index (χ3v) is 5.70. The van der Waals surface area contributed by atoms with Crippen LogP contribution in [-0.4, -0.2) is 29.6 Å². The number of fused-ring (bicyclic) bond motifs is 1. The fraction of sp³-hybridized carbons (Fsp3) is 0.286. The maximum absolute atomic E-state index is 12.2. The van der Waals surface area contributed by atoms with Crippen molar-refractivity contribution in [1.29, 1.82) is 0 Å². The molecule has 1 aliphatic rings. The van der Waals surface area contributed by atoms with Crippen molar-refractivity contribution < 1.29 is 19.1 Å². The number of rotatable bonds is 6. The average Bonchev–Trinajstić information content (AvgIpc) is 2.68. The summed E-state index contributed by atoms with van der Waals surface area (Å²) >= 11 is 1.32. The Labute approximate surface area is 168 Å². The lowest BCUT2D eigenvalue weighted by Gasteiger charge is -2.23. The molecule has 2 aromatic carbocycles. The third kappa shape index (κ3) is 4.72. The molecule has 0 unspecified atom stereocenters. The molecule has 3 rings (SSSR count). The molecule has 0 spiro atoms. The number of hydrogen-bond donors (Lipinski definition) is 2. The molecule has 0 bridgehead atoms. The van der Waals surface area contributed by atoms with Gasteiger partial charge in [-0.05, 0) is 36.6 Å². The number of benzene rings is 2. The molecule has 1 atom stereocenters. The first-order chi connectivity index (χ1) is 13.5. The molecule has 0 aliphatic carbocycles. The van der Waals surface area contributed by atoms with E-state index in [1.165, 1.54) is 11.8 Å². The normalized spacial score (nSPS) is 15.4. The second-order valence-corrected chi connectivity index (χ2v) is 7.71. The Kier molecular flexibility index (Phi) is 6.36. The second-order valence-electron chi connectivity index (χ2n) is 6.47. The van der Waals surface area contributed by atoms with Crippen molar-refractivity contribution in [2.45, 2.75) is 36.8 Å². The fourth-order valence-electron chi connectivity index (χ4n) is 2.96. The van der Waals surface area contributed by atoms with Crippen LogP contribution >= 0.6 is 11.8 Å². The molecule has 0 radical (unpaired) electrons. The molecule has 0 aromatic heterocycles. The van der Waals surface area contributed by atoms with Gasteiger partial charge in [0.25, 0.3) is 5.91 Å². The average molecular weight is 398 g/mol. The summed E-state index contributed by atoms with van der Waals surface area (Å²) in [6.07, 6.45) is 0.690. The minimum Gasteiger partial charge on any atom is -0.456 e. The number of thioether (sulfide) groups is 1. The molecule has 0 fully saturated rings. The Morgan fingerprint density at radius 1 is 1.18 bits per heavy atom. The van der Waals surface area contributed by atoms with Crippen LogP contribution < -0.4 is 10.6 Å². The number of carbonyl (C=O) groups excluding carboxylic acids is 3. The van der Waals surface area contributed by atoms with E-state index in [1.807, 2.05) is 56.3 Å². The van der Waals surface area contributed by atoms with Gasteiger partial charge >= 0.3 is 5.97 Å². The number of esters is 1. The Hall–Kier alpha value is -2.80. The van der Waals surface area contributed by atoms with Crippen molar-refractivity contribution in [2.75, 3.05) is 17.2 Å². The number of amides is 2. The lowest BCUT2D eigenvalue weighted by atomic mass is 10.1. The number of carbonyl (C=O) groups is 3. The van der Waals surface area contributed by atoms with E-state index in [0.29, 0.717) is 0 Å². The number of hydrogen-bond acceptors (Lipinski definition) is 5. The molecule has 6 nitrogen and oxygen atoms in total. The first-order valence-electron chi connectivity index (χ1n) is 9.08. The van der Waals surface area contributed by atoms with Crippen LogP contribution in [0.1, 0.15) is 24.5 Å². The van der Waals surface area contributed by atoms with Crippen LogP contribution in [0, 0.1) is 6.92 Å². The van der Waals surface area contributed by atoms with Gasteiger partial charge in [-0.25, -0.2) is 0 Å². The van der Waals surface area contributed by atoms with Crippen LogP contribution in [0.2, 0.25) is 0 Å². The van der Waals surface area contributed by atoms with Gasteiger partial charge in [-0.2, -0.15) is 0 Å². The molecular formula is C21H22N2O4S. The summed E-state index contributed by atoms with van der Waals surface area (Å²) in [6, 6.07) is 13.2. The standard InChI is InChI=1S/C21H22N2O4S/c1-3-14-8-6-7-13(2)20(14)23-18(24)12-27-19(25)11-17-21(26)22-15-9-4-5-10-16(15)28-17/h4-10,17H,3,11-12H2,1-2H3,(H,22,26)(H,23,24)/t17-/m1/s1. The number of ether oxygens (including phenoxy) is 1. The van der Waals surface area contributed by atoms with E-state index in [4.69, 9.17) is 4.74 Å². The fourth-order valence-corrected chi connectivity index (χ4v) is 4.06. The molecule has 146 valence electrons. The smallest absolute Gasteiger partial charge is 0.307 e. The molecule has 2 N–H and O–H groups in total. The lowest BCUT2D eigenvalue weighted by molar-refractivity contribution is -0.147.